The molecule has 0 heterocycles. The molecular weight excluding hydrogens is 230 g/mol. The van der Waals surface area contributed by atoms with Crippen molar-refractivity contribution in [1.29, 1.82) is 0 Å². The molecule has 2 aliphatic rings. The zero-order valence-electron chi connectivity index (χ0n) is 12.2. The van der Waals surface area contributed by atoms with Crippen LogP contribution in [0, 0.1) is 11.3 Å². The van der Waals surface area contributed by atoms with E-state index in [4.69, 9.17) is 0 Å². The normalized spacial score (nSPS) is 28.5. The second-order valence-corrected chi connectivity index (χ2v) is 6.61. The van der Waals surface area contributed by atoms with Crippen LogP contribution >= 0.6 is 0 Å². The van der Waals surface area contributed by atoms with E-state index in [0.717, 1.165) is 11.8 Å². The van der Waals surface area contributed by atoms with Gasteiger partial charge in [-0.2, -0.15) is 0 Å². The summed E-state index contributed by atoms with van der Waals surface area (Å²) in [4.78, 5) is 0. The standard InChI is InChI=1S/C18H27N/c1-2-12-19-14-18(10-6-7-11-18)17-13-16(17)15-8-4-3-5-9-15/h3-5,8-9,16-17,19H,2,6-7,10-14H2,1H3. The highest BCUT2D eigenvalue weighted by Gasteiger charge is 2.53. The summed E-state index contributed by atoms with van der Waals surface area (Å²) < 4.78 is 0. The summed E-state index contributed by atoms with van der Waals surface area (Å²) in [7, 11) is 0. The maximum atomic E-state index is 3.71. The lowest BCUT2D eigenvalue weighted by molar-refractivity contribution is 0.231. The second-order valence-electron chi connectivity index (χ2n) is 6.61. The van der Waals surface area contributed by atoms with Crippen LogP contribution in [-0.4, -0.2) is 13.1 Å². The summed E-state index contributed by atoms with van der Waals surface area (Å²) in [6.45, 7) is 4.71. The van der Waals surface area contributed by atoms with Crippen molar-refractivity contribution in [2.24, 2.45) is 11.3 Å². The Kier molecular flexibility index (Phi) is 3.93. The van der Waals surface area contributed by atoms with Gasteiger partial charge in [0.15, 0.2) is 0 Å². The molecule has 0 amide bonds. The predicted molar refractivity (Wildman–Crippen MR) is 81.4 cm³/mol. The molecule has 0 bridgehead atoms. The van der Waals surface area contributed by atoms with Crippen LogP contribution in [-0.2, 0) is 0 Å². The van der Waals surface area contributed by atoms with E-state index >= 15 is 0 Å². The lowest BCUT2D eigenvalue weighted by atomic mass is 9.79. The highest BCUT2D eigenvalue weighted by Crippen LogP contribution is 2.62. The summed E-state index contributed by atoms with van der Waals surface area (Å²) in [5.41, 5.74) is 2.20. The monoisotopic (exact) mass is 257 g/mol. The number of hydrogen-bond acceptors (Lipinski definition) is 1. The third-order valence-electron chi connectivity index (χ3n) is 5.31. The Labute approximate surface area is 117 Å². The Bertz CT molecular complexity index is 391. The first-order chi connectivity index (χ1) is 9.36. The van der Waals surface area contributed by atoms with Crippen molar-refractivity contribution >= 4 is 0 Å². The number of rotatable bonds is 6. The van der Waals surface area contributed by atoms with Crippen LogP contribution in [0.2, 0.25) is 0 Å². The molecule has 2 fully saturated rings. The second kappa shape index (κ2) is 5.66. The van der Waals surface area contributed by atoms with E-state index in [9.17, 15) is 0 Å². The first-order valence-electron chi connectivity index (χ1n) is 8.11. The molecule has 19 heavy (non-hydrogen) atoms. The van der Waals surface area contributed by atoms with Crippen molar-refractivity contribution in [3.8, 4) is 0 Å². The van der Waals surface area contributed by atoms with E-state index in [1.54, 1.807) is 5.56 Å². The van der Waals surface area contributed by atoms with Gasteiger partial charge < -0.3 is 5.32 Å². The van der Waals surface area contributed by atoms with Crippen LogP contribution in [0.5, 0.6) is 0 Å². The minimum Gasteiger partial charge on any atom is -0.316 e. The third-order valence-corrected chi connectivity index (χ3v) is 5.31. The topological polar surface area (TPSA) is 12.0 Å². The van der Waals surface area contributed by atoms with Crippen LogP contribution in [0.15, 0.2) is 30.3 Å². The number of benzene rings is 1. The average Bonchev–Trinajstić information content (AvgIpc) is 3.14. The van der Waals surface area contributed by atoms with E-state index in [0.29, 0.717) is 5.41 Å². The van der Waals surface area contributed by atoms with Crippen molar-refractivity contribution in [3.05, 3.63) is 35.9 Å². The van der Waals surface area contributed by atoms with Gasteiger partial charge in [0.25, 0.3) is 0 Å². The van der Waals surface area contributed by atoms with Crippen molar-refractivity contribution in [2.75, 3.05) is 13.1 Å². The van der Waals surface area contributed by atoms with E-state index in [1.807, 2.05) is 0 Å². The first kappa shape index (κ1) is 13.2. The molecule has 1 nitrogen and oxygen atoms in total. The summed E-state index contributed by atoms with van der Waals surface area (Å²) in [5, 5.41) is 3.71. The molecule has 2 unspecified atom stereocenters. The van der Waals surface area contributed by atoms with Crippen molar-refractivity contribution < 1.29 is 0 Å². The minimum absolute atomic E-state index is 0.621. The SMILES string of the molecule is CCCNCC1(C2CC2c2ccccc2)CCCC1. The Hall–Kier alpha value is -0.820. The van der Waals surface area contributed by atoms with Crippen LogP contribution in [0.25, 0.3) is 0 Å². The molecule has 2 atom stereocenters. The fraction of sp³-hybridized carbons (Fsp3) is 0.667. The van der Waals surface area contributed by atoms with Gasteiger partial charge in [-0.3, -0.25) is 0 Å². The van der Waals surface area contributed by atoms with Gasteiger partial charge in [0.05, 0.1) is 0 Å². The summed E-state index contributed by atoms with van der Waals surface area (Å²) >= 11 is 0. The van der Waals surface area contributed by atoms with Crippen molar-refractivity contribution in [3.63, 3.8) is 0 Å². The van der Waals surface area contributed by atoms with E-state index < -0.39 is 0 Å². The maximum Gasteiger partial charge on any atom is 0.00107 e. The molecular formula is C18H27N. The molecule has 2 saturated carbocycles. The average molecular weight is 257 g/mol. The predicted octanol–water partition coefficient (Wildman–Crippen LogP) is 4.35. The Morgan fingerprint density at radius 1 is 1.16 bits per heavy atom. The fourth-order valence-electron chi connectivity index (χ4n) is 4.21. The maximum absolute atomic E-state index is 3.71. The first-order valence-corrected chi connectivity index (χ1v) is 8.11. The van der Waals surface area contributed by atoms with Gasteiger partial charge in [-0.1, -0.05) is 50.1 Å². The van der Waals surface area contributed by atoms with Crippen molar-refractivity contribution in [2.45, 2.75) is 51.4 Å². The molecule has 1 heteroatoms. The lowest BCUT2D eigenvalue weighted by Gasteiger charge is -2.30. The zero-order chi connectivity index (χ0) is 13.1. The van der Waals surface area contributed by atoms with Gasteiger partial charge in [0.2, 0.25) is 0 Å². The van der Waals surface area contributed by atoms with Crippen molar-refractivity contribution in [1.82, 2.24) is 5.32 Å². The summed E-state index contributed by atoms with van der Waals surface area (Å²) in [6, 6.07) is 11.2. The largest absolute Gasteiger partial charge is 0.316 e. The number of nitrogens with one attached hydrogen (secondary N) is 1. The van der Waals surface area contributed by atoms with E-state index in [2.05, 4.69) is 42.6 Å². The van der Waals surface area contributed by atoms with Gasteiger partial charge in [0.1, 0.15) is 0 Å². The molecule has 1 aromatic carbocycles. The van der Waals surface area contributed by atoms with Gasteiger partial charge in [-0.15, -0.1) is 0 Å². The molecule has 0 aliphatic heterocycles. The van der Waals surface area contributed by atoms with E-state index in [1.165, 1.54) is 51.6 Å². The molecule has 1 aromatic rings. The molecule has 2 aliphatic carbocycles. The van der Waals surface area contributed by atoms with Gasteiger partial charge in [-0.05, 0) is 55.0 Å². The van der Waals surface area contributed by atoms with E-state index in [-0.39, 0.29) is 0 Å². The van der Waals surface area contributed by atoms with Gasteiger partial charge in [0, 0.05) is 6.54 Å². The lowest BCUT2D eigenvalue weighted by Crippen LogP contribution is -2.34. The van der Waals surface area contributed by atoms with Gasteiger partial charge in [-0.25, -0.2) is 0 Å². The minimum atomic E-state index is 0.621. The molecule has 104 valence electrons. The number of hydrogen-bond donors (Lipinski definition) is 1. The fourth-order valence-corrected chi connectivity index (χ4v) is 4.21. The van der Waals surface area contributed by atoms with Gasteiger partial charge >= 0.3 is 0 Å². The molecule has 3 rings (SSSR count). The molecule has 0 aromatic heterocycles. The Morgan fingerprint density at radius 3 is 2.58 bits per heavy atom. The van der Waals surface area contributed by atoms with Crippen LogP contribution in [0.4, 0.5) is 0 Å². The molecule has 0 spiro atoms. The molecule has 0 radical (unpaired) electrons. The van der Waals surface area contributed by atoms with Crippen LogP contribution < -0.4 is 5.32 Å². The third kappa shape index (κ3) is 2.72. The molecule has 1 N–H and O–H groups in total. The van der Waals surface area contributed by atoms with Crippen LogP contribution in [0.3, 0.4) is 0 Å². The Balaban J connectivity index is 1.66. The smallest absolute Gasteiger partial charge is 0.00107 e. The Morgan fingerprint density at radius 2 is 1.89 bits per heavy atom. The quantitative estimate of drug-likeness (QED) is 0.747. The van der Waals surface area contributed by atoms with Crippen LogP contribution in [0.1, 0.15) is 56.9 Å². The summed E-state index contributed by atoms with van der Waals surface area (Å²) in [6.07, 6.45) is 8.49. The zero-order valence-corrected chi connectivity index (χ0v) is 12.2. The highest BCUT2D eigenvalue weighted by molar-refractivity contribution is 5.27. The molecule has 0 saturated heterocycles. The highest BCUT2D eigenvalue weighted by atomic mass is 14.9. The summed E-state index contributed by atoms with van der Waals surface area (Å²) in [5.74, 6) is 1.80.